The zero-order valence-corrected chi connectivity index (χ0v) is 11.0. The Kier molecular flexibility index (Phi) is 3.72. The molecule has 7 nitrogen and oxygen atoms in total. The Hall–Kier alpha value is -1.50. The molecule has 2 unspecified atom stereocenters. The number of nitrogens with zero attached hydrogens (tertiary/aromatic N) is 5. The molecule has 2 aliphatic rings. The van der Waals surface area contributed by atoms with E-state index in [9.17, 15) is 4.79 Å². The molecular weight excluding hydrogens is 244 g/mol. The minimum atomic E-state index is 0.130. The van der Waals surface area contributed by atoms with Crippen LogP contribution in [0.25, 0.3) is 0 Å². The predicted molar refractivity (Wildman–Crippen MR) is 68.2 cm³/mol. The number of carbonyl (C=O) groups is 1. The summed E-state index contributed by atoms with van der Waals surface area (Å²) in [4.78, 5) is 14.5. The van der Waals surface area contributed by atoms with Gasteiger partial charge in [-0.3, -0.25) is 4.79 Å². The summed E-state index contributed by atoms with van der Waals surface area (Å²) in [5, 5.41) is 14.4. The van der Waals surface area contributed by atoms with Crippen LogP contribution in [0.2, 0.25) is 0 Å². The van der Waals surface area contributed by atoms with Crippen LogP contribution in [0.1, 0.15) is 32.1 Å². The second-order valence-electron chi connectivity index (χ2n) is 5.36. The highest BCUT2D eigenvalue weighted by Crippen LogP contribution is 2.24. The van der Waals surface area contributed by atoms with Crippen LogP contribution in [-0.4, -0.2) is 56.2 Å². The number of carbonyl (C=O) groups excluding carboxylic acids is 1. The van der Waals surface area contributed by atoms with Crippen molar-refractivity contribution in [3.05, 3.63) is 6.33 Å². The largest absolute Gasteiger partial charge is 0.337 e. The topological polar surface area (TPSA) is 75.9 Å². The third-order valence-corrected chi connectivity index (χ3v) is 4.12. The molecule has 19 heavy (non-hydrogen) atoms. The predicted octanol–water partition coefficient (Wildman–Crippen LogP) is -0.194. The number of tetrazole rings is 1. The quantitative estimate of drug-likeness (QED) is 0.818. The van der Waals surface area contributed by atoms with E-state index in [4.69, 9.17) is 0 Å². The van der Waals surface area contributed by atoms with Crippen LogP contribution >= 0.6 is 0 Å². The van der Waals surface area contributed by atoms with Crippen molar-refractivity contribution in [3.63, 3.8) is 0 Å². The van der Waals surface area contributed by atoms with Gasteiger partial charge in [-0.05, 0) is 49.1 Å². The molecule has 1 aromatic heterocycles. The van der Waals surface area contributed by atoms with Crippen molar-refractivity contribution in [2.75, 3.05) is 13.1 Å². The smallest absolute Gasteiger partial charge is 0.244 e. The third kappa shape index (κ3) is 2.75. The van der Waals surface area contributed by atoms with Gasteiger partial charge in [0.25, 0.3) is 0 Å². The van der Waals surface area contributed by atoms with Crippen molar-refractivity contribution >= 4 is 5.91 Å². The maximum Gasteiger partial charge on any atom is 0.244 e. The average Bonchev–Trinajstić information content (AvgIpc) is 3.11. The van der Waals surface area contributed by atoms with Gasteiger partial charge in [-0.2, -0.15) is 0 Å². The summed E-state index contributed by atoms with van der Waals surface area (Å²) in [6.45, 7) is 2.19. The lowest BCUT2D eigenvalue weighted by atomic mass is 9.94. The summed E-state index contributed by atoms with van der Waals surface area (Å²) in [6, 6.07) is 0.818. The lowest BCUT2D eigenvalue weighted by Crippen LogP contribution is -2.53. The molecule has 104 valence electrons. The fraction of sp³-hybridized carbons (Fsp3) is 0.833. The molecule has 0 radical (unpaired) electrons. The maximum absolute atomic E-state index is 12.4. The van der Waals surface area contributed by atoms with Crippen LogP contribution in [0.5, 0.6) is 0 Å². The van der Waals surface area contributed by atoms with Crippen LogP contribution < -0.4 is 5.32 Å². The maximum atomic E-state index is 12.4. The summed E-state index contributed by atoms with van der Waals surface area (Å²) < 4.78 is 1.50. The van der Waals surface area contributed by atoms with E-state index in [-0.39, 0.29) is 12.5 Å². The van der Waals surface area contributed by atoms with E-state index < -0.39 is 0 Å². The molecule has 2 aliphatic heterocycles. The van der Waals surface area contributed by atoms with Crippen molar-refractivity contribution in [2.24, 2.45) is 0 Å². The van der Waals surface area contributed by atoms with E-state index in [1.807, 2.05) is 4.90 Å². The molecule has 2 saturated heterocycles. The van der Waals surface area contributed by atoms with Crippen molar-refractivity contribution in [1.29, 1.82) is 0 Å². The Morgan fingerprint density at radius 3 is 3.00 bits per heavy atom. The number of aromatic nitrogens is 4. The SMILES string of the molecule is O=C(Cn1cnnn1)N1CCCCC1C1CCCN1. The van der Waals surface area contributed by atoms with Crippen LogP contribution in [-0.2, 0) is 11.3 Å². The lowest BCUT2D eigenvalue weighted by Gasteiger charge is -2.39. The molecule has 2 atom stereocenters. The minimum absolute atomic E-state index is 0.130. The molecule has 0 saturated carbocycles. The molecule has 0 aliphatic carbocycles. The zero-order valence-electron chi connectivity index (χ0n) is 11.0. The molecule has 0 aromatic carbocycles. The number of amides is 1. The van der Waals surface area contributed by atoms with Crippen LogP contribution in [0.15, 0.2) is 6.33 Å². The van der Waals surface area contributed by atoms with Crippen LogP contribution in [0, 0.1) is 0 Å². The highest BCUT2D eigenvalue weighted by molar-refractivity contribution is 5.76. The van der Waals surface area contributed by atoms with E-state index in [2.05, 4.69) is 20.8 Å². The number of nitrogens with one attached hydrogen (secondary N) is 1. The van der Waals surface area contributed by atoms with Crippen molar-refractivity contribution in [2.45, 2.75) is 50.7 Å². The van der Waals surface area contributed by atoms with Gasteiger partial charge in [0.1, 0.15) is 12.9 Å². The number of hydrogen-bond acceptors (Lipinski definition) is 5. The lowest BCUT2D eigenvalue weighted by molar-refractivity contribution is -0.136. The van der Waals surface area contributed by atoms with E-state index in [0.717, 1.165) is 25.9 Å². The minimum Gasteiger partial charge on any atom is -0.337 e. The summed E-state index contributed by atoms with van der Waals surface area (Å²) in [7, 11) is 0. The number of piperidine rings is 1. The fourth-order valence-electron chi connectivity index (χ4n) is 3.21. The van der Waals surface area contributed by atoms with Gasteiger partial charge in [0.05, 0.1) is 0 Å². The van der Waals surface area contributed by atoms with Gasteiger partial charge in [0.2, 0.25) is 5.91 Å². The molecule has 0 spiro atoms. The van der Waals surface area contributed by atoms with Gasteiger partial charge in [0, 0.05) is 18.6 Å². The molecule has 1 aromatic rings. The Labute approximate surface area is 112 Å². The monoisotopic (exact) mass is 264 g/mol. The molecule has 3 rings (SSSR count). The van der Waals surface area contributed by atoms with Gasteiger partial charge in [-0.15, -0.1) is 5.10 Å². The standard InChI is InChI=1S/C12H20N6O/c19-12(8-17-9-14-15-16-17)18-7-2-1-5-11(18)10-4-3-6-13-10/h9-11,13H,1-8H2. The van der Waals surface area contributed by atoms with Crippen LogP contribution in [0.3, 0.4) is 0 Å². The molecular formula is C12H20N6O. The first-order chi connectivity index (χ1) is 9.34. The van der Waals surface area contributed by atoms with Gasteiger partial charge < -0.3 is 10.2 Å². The number of rotatable bonds is 3. The Morgan fingerprint density at radius 2 is 2.26 bits per heavy atom. The number of likely N-dealkylation sites (tertiary alicyclic amines) is 1. The van der Waals surface area contributed by atoms with Gasteiger partial charge in [0.15, 0.2) is 0 Å². The van der Waals surface area contributed by atoms with Crippen molar-refractivity contribution in [3.8, 4) is 0 Å². The summed E-state index contributed by atoms with van der Waals surface area (Å²) in [6.07, 6.45) is 7.32. The average molecular weight is 264 g/mol. The molecule has 1 N–H and O–H groups in total. The second kappa shape index (κ2) is 5.64. The summed E-state index contributed by atoms with van der Waals surface area (Å²) in [5.41, 5.74) is 0. The second-order valence-corrected chi connectivity index (χ2v) is 5.36. The van der Waals surface area contributed by atoms with E-state index in [0.29, 0.717) is 12.1 Å². The highest BCUT2D eigenvalue weighted by Gasteiger charge is 2.34. The van der Waals surface area contributed by atoms with E-state index in [1.54, 1.807) is 0 Å². The van der Waals surface area contributed by atoms with Gasteiger partial charge in [-0.1, -0.05) is 0 Å². The van der Waals surface area contributed by atoms with E-state index >= 15 is 0 Å². The molecule has 1 amide bonds. The highest BCUT2D eigenvalue weighted by atomic mass is 16.2. The number of hydrogen-bond donors (Lipinski definition) is 1. The van der Waals surface area contributed by atoms with Crippen molar-refractivity contribution in [1.82, 2.24) is 30.4 Å². The Morgan fingerprint density at radius 1 is 1.32 bits per heavy atom. The first-order valence-corrected chi connectivity index (χ1v) is 7.08. The third-order valence-electron chi connectivity index (χ3n) is 4.12. The summed E-state index contributed by atoms with van der Waals surface area (Å²) in [5.74, 6) is 0.130. The zero-order chi connectivity index (χ0) is 13.1. The van der Waals surface area contributed by atoms with Crippen LogP contribution in [0.4, 0.5) is 0 Å². The Balaban J connectivity index is 1.67. The van der Waals surface area contributed by atoms with Gasteiger partial charge >= 0.3 is 0 Å². The fourth-order valence-corrected chi connectivity index (χ4v) is 3.21. The first kappa shape index (κ1) is 12.5. The molecule has 7 heteroatoms. The molecule has 2 fully saturated rings. The summed E-state index contributed by atoms with van der Waals surface area (Å²) >= 11 is 0. The van der Waals surface area contributed by atoms with Gasteiger partial charge in [-0.25, -0.2) is 4.68 Å². The first-order valence-electron chi connectivity index (χ1n) is 7.08. The van der Waals surface area contributed by atoms with Crippen molar-refractivity contribution < 1.29 is 4.79 Å². The normalized spacial score (nSPS) is 27.7. The molecule has 0 bridgehead atoms. The Bertz CT molecular complexity index is 414. The molecule has 3 heterocycles. The van der Waals surface area contributed by atoms with E-state index in [1.165, 1.54) is 30.3 Å².